The SMILES string of the molecule is NCCC(O)C1CCCSC1. The molecule has 0 aromatic rings. The lowest BCUT2D eigenvalue weighted by molar-refractivity contribution is 0.106. The predicted molar refractivity (Wildman–Crippen MR) is 49.7 cm³/mol. The number of hydrogen-bond donors (Lipinski definition) is 2. The lowest BCUT2D eigenvalue weighted by atomic mass is 9.96. The summed E-state index contributed by atoms with van der Waals surface area (Å²) in [7, 11) is 0. The van der Waals surface area contributed by atoms with Crippen LogP contribution < -0.4 is 5.73 Å². The third-order valence-corrected chi connectivity index (χ3v) is 3.44. The van der Waals surface area contributed by atoms with Gasteiger partial charge in [-0.25, -0.2) is 0 Å². The summed E-state index contributed by atoms with van der Waals surface area (Å²) in [6.07, 6.45) is 3.07. The van der Waals surface area contributed by atoms with E-state index in [2.05, 4.69) is 0 Å². The molecule has 1 saturated heterocycles. The van der Waals surface area contributed by atoms with E-state index in [1.54, 1.807) is 0 Å². The molecule has 11 heavy (non-hydrogen) atoms. The van der Waals surface area contributed by atoms with E-state index in [9.17, 15) is 5.11 Å². The second-order valence-corrected chi connectivity index (χ2v) is 4.27. The molecular formula is C8H17NOS. The first-order chi connectivity index (χ1) is 5.34. The van der Waals surface area contributed by atoms with Crippen molar-refractivity contribution in [3.8, 4) is 0 Å². The maximum Gasteiger partial charge on any atom is 0.0588 e. The fraction of sp³-hybridized carbons (Fsp3) is 1.00. The Morgan fingerprint density at radius 2 is 2.45 bits per heavy atom. The monoisotopic (exact) mass is 175 g/mol. The molecule has 0 aliphatic carbocycles. The van der Waals surface area contributed by atoms with Crippen LogP contribution in [0.1, 0.15) is 19.3 Å². The molecule has 1 rings (SSSR count). The molecule has 0 bridgehead atoms. The van der Waals surface area contributed by atoms with E-state index in [4.69, 9.17) is 5.73 Å². The second kappa shape index (κ2) is 5.01. The zero-order chi connectivity index (χ0) is 8.10. The van der Waals surface area contributed by atoms with Crippen molar-refractivity contribution < 1.29 is 5.11 Å². The van der Waals surface area contributed by atoms with Crippen LogP contribution >= 0.6 is 11.8 Å². The van der Waals surface area contributed by atoms with Gasteiger partial charge in [-0.15, -0.1) is 0 Å². The van der Waals surface area contributed by atoms with E-state index < -0.39 is 0 Å². The van der Waals surface area contributed by atoms with Crippen molar-refractivity contribution in [2.75, 3.05) is 18.1 Å². The summed E-state index contributed by atoms with van der Waals surface area (Å²) in [5.41, 5.74) is 5.37. The molecule has 0 amide bonds. The Hall–Kier alpha value is 0.270. The number of thioether (sulfide) groups is 1. The van der Waals surface area contributed by atoms with Crippen molar-refractivity contribution >= 4 is 11.8 Å². The number of rotatable bonds is 3. The highest BCUT2D eigenvalue weighted by Gasteiger charge is 2.20. The van der Waals surface area contributed by atoms with Gasteiger partial charge in [0.25, 0.3) is 0 Å². The van der Waals surface area contributed by atoms with Gasteiger partial charge in [-0.3, -0.25) is 0 Å². The Morgan fingerprint density at radius 1 is 1.64 bits per heavy atom. The molecule has 1 fully saturated rings. The zero-order valence-corrected chi connectivity index (χ0v) is 7.65. The minimum Gasteiger partial charge on any atom is -0.393 e. The van der Waals surface area contributed by atoms with Crippen LogP contribution in [0.2, 0.25) is 0 Å². The molecule has 3 N–H and O–H groups in total. The molecule has 3 heteroatoms. The summed E-state index contributed by atoms with van der Waals surface area (Å²) in [4.78, 5) is 0. The first-order valence-corrected chi connectivity index (χ1v) is 5.46. The van der Waals surface area contributed by atoms with Gasteiger partial charge in [-0.2, -0.15) is 11.8 Å². The molecule has 0 aromatic carbocycles. The van der Waals surface area contributed by atoms with Crippen LogP contribution in [0.3, 0.4) is 0 Å². The van der Waals surface area contributed by atoms with Crippen molar-refractivity contribution in [1.29, 1.82) is 0 Å². The number of aliphatic hydroxyl groups is 1. The number of hydrogen-bond acceptors (Lipinski definition) is 3. The highest BCUT2D eigenvalue weighted by atomic mass is 32.2. The van der Waals surface area contributed by atoms with Gasteiger partial charge in [-0.1, -0.05) is 0 Å². The van der Waals surface area contributed by atoms with E-state index in [-0.39, 0.29) is 6.10 Å². The standard InChI is InChI=1S/C8H17NOS/c9-4-3-8(10)7-2-1-5-11-6-7/h7-8,10H,1-6,9H2. The first kappa shape index (κ1) is 9.36. The molecule has 0 saturated carbocycles. The second-order valence-electron chi connectivity index (χ2n) is 3.12. The molecule has 2 atom stereocenters. The summed E-state index contributed by atoms with van der Waals surface area (Å²) in [5, 5.41) is 9.58. The summed E-state index contributed by atoms with van der Waals surface area (Å²) in [6, 6.07) is 0. The average Bonchev–Trinajstić information content (AvgIpc) is 2.07. The topological polar surface area (TPSA) is 46.2 Å². The highest BCUT2D eigenvalue weighted by molar-refractivity contribution is 7.99. The highest BCUT2D eigenvalue weighted by Crippen LogP contribution is 2.26. The first-order valence-electron chi connectivity index (χ1n) is 4.30. The van der Waals surface area contributed by atoms with E-state index >= 15 is 0 Å². The van der Waals surface area contributed by atoms with Crippen LogP contribution in [-0.2, 0) is 0 Å². The van der Waals surface area contributed by atoms with Gasteiger partial charge in [0.1, 0.15) is 0 Å². The van der Waals surface area contributed by atoms with Gasteiger partial charge in [0.15, 0.2) is 0 Å². The maximum atomic E-state index is 9.58. The van der Waals surface area contributed by atoms with Gasteiger partial charge < -0.3 is 10.8 Å². The van der Waals surface area contributed by atoms with E-state index in [0.717, 1.165) is 12.2 Å². The van der Waals surface area contributed by atoms with Crippen LogP contribution in [0, 0.1) is 5.92 Å². The quantitative estimate of drug-likeness (QED) is 0.668. The fourth-order valence-electron chi connectivity index (χ4n) is 1.48. The summed E-state index contributed by atoms with van der Waals surface area (Å²) in [6.45, 7) is 0.613. The number of nitrogens with two attached hydrogens (primary N) is 1. The maximum absolute atomic E-state index is 9.58. The fourth-order valence-corrected chi connectivity index (χ4v) is 2.70. The third-order valence-electron chi connectivity index (χ3n) is 2.20. The normalized spacial score (nSPS) is 28.4. The van der Waals surface area contributed by atoms with E-state index in [1.807, 2.05) is 11.8 Å². The summed E-state index contributed by atoms with van der Waals surface area (Å²) >= 11 is 1.96. The molecule has 66 valence electrons. The van der Waals surface area contributed by atoms with Crippen molar-refractivity contribution in [3.05, 3.63) is 0 Å². The van der Waals surface area contributed by atoms with Gasteiger partial charge in [-0.05, 0) is 43.2 Å². The molecular weight excluding hydrogens is 158 g/mol. The Kier molecular flexibility index (Phi) is 4.26. The molecule has 1 heterocycles. The third kappa shape index (κ3) is 3.01. The van der Waals surface area contributed by atoms with Crippen LogP contribution in [0.25, 0.3) is 0 Å². The van der Waals surface area contributed by atoms with Crippen molar-refractivity contribution in [2.45, 2.75) is 25.4 Å². The lowest BCUT2D eigenvalue weighted by Gasteiger charge is -2.25. The van der Waals surface area contributed by atoms with Crippen LogP contribution in [0.5, 0.6) is 0 Å². The number of aliphatic hydroxyl groups excluding tert-OH is 1. The molecule has 0 radical (unpaired) electrons. The van der Waals surface area contributed by atoms with Gasteiger partial charge in [0, 0.05) is 0 Å². The average molecular weight is 175 g/mol. The van der Waals surface area contributed by atoms with Crippen molar-refractivity contribution in [2.24, 2.45) is 11.7 Å². The molecule has 0 spiro atoms. The Labute approximate surface area is 72.5 Å². The largest absolute Gasteiger partial charge is 0.393 e. The summed E-state index contributed by atoms with van der Waals surface area (Å²) < 4.78 is 0. The van der Waals surface area contributed by atoms with Crippen LogP contribution in [0.4, 0.5) is 0 Å². The van der Waals surface area contributed by atoms with Gasteiger partial charge >= 0.3 is 0 Å². The Bertz CT molecular complexity index is 104. The zero-order valence-electron chi connectivity index (χ0n) is 6.83. The minimum absolute atomic E-state index is 0.146. The van der Waals surface area contributed by atoms with Crippen LogP contribution in [0.15, 0.2) is 0 Å². The smallest absolute Gasteiger partial charge is 0.0588 e. The molecule has 1 aliphatic rings. The molecule has 0 aromatic heterocycles. The molecule has 2 unspecified atom stereocenters. The predicted octanol–water partition coefficient (Wildman–Crippen LogP) is 0.839. The Morgan fingerprint density at radius 3 is 3.00 bits per heavy atom. The van der Waals surface area contributed by atoms with E-state index in [1.165, 1.54) is 18.6 Å². The van der Waals surface area contributed by atoms with Gasteiger partial charge in [0.2, 0.25) is 0 Å². The minimum atomic E-state index is -0.146. The molecule has 2 nitrogen and oxygen atoms in total. The van der Waals surface area contributed by atoms with E-state index in [0.29, 0.717) is 12.5 Å². The lowest BCUT2D eigenvalue weighted by Crippen LogP contribution is -2.27. The molecule has 1 aliphatic heterocycles. The van der Waals surface area contributed by atoms with Gasteiger partial charge in [0.05, 0.1) is 6.10 Å². The van der Waals surface area contributed by atoms with Crippen molar-refractivity contribution in [1.82, 2.24) is 0 Å². The van der Waals surface area contributed by atoms with Crippen molar-refractivity contribution in [3.63, 3.8) is 0 Å². The summed E-state index contributed by atoms with van der Waals surface area (Å²) in [5.74, 6) is 2.91. The van der Waals surface area contributed by atoms with Crippen LogP contribution in [-0.4, -0.2) is 29.3 Å². The Balaban J connectivity index is 2.21.